The molecule has 0 radical (unpaired) electrons. The first-order chi connectivity index (χ1) is 6.74. The lowest BCUT2D eigenvalue weighted by atomic mass is 9.85. The van der Waals surface area contributed by atoms with Crippen molar-refractivity contribution in [3.8, 4) is 0 Å². The second-order valence-corrected chi connectivity index (χ2v) is 4.29. The van der Waals surface area contributed by atoms with Gasteiger partial charge in [-0.05, 0) is 25.2 Å². The molecule has 0 heterocycles. The van der Waals surface area contributed by atoms with Crippen molar-refractivity contribution in [2.45, 2.75) is 51.5 Å². The minimum absolute atomic E-state index is 0.0327. The van der Waals surface area contributed by atoms with Gasteiger partial charge in [0.15, 0.2) is 0 Å². The summed E-state index contributed by atoms with van der Waals surface area (Å²) in [5.41, 5.74) is 5.74. The molecule has 0 aromatic rings. The molecule has 3 N–H and O–H groups in total. The first kappa shape index (κ1) is 11.5. The van der Waals surface area contributed by atoms with Crippen LogP contribution >= 0.6 is 0 Å². The van der Waals surface area contributed by atoms with Crippen molar-refractivity contribution in [1.82, 2.24) is 5.32 Å². The third kappa shape index (κ3) is 3.66. The van der Waals surface area contributed by atoms with Gasteiger partial charge in [0.2, 0.25) is 5.91 Å². The van der Waals surface area contributed by atoms with Gasteiger partial charge in [-0.25, -0.2) is 0 Å². The van der Waals surface area contributed by atoms with E-state index in [0.29, 0.717) is 0 Å². The van der Waals surface area contributed by atoms with Gasteiger partial charge in [0.25, 0.3) is 0 Å². The Balaban J connectivity index is 2.06. The van der Waals surface area contributed by atoms with Crippen LogP contribution in [0.3, 0.4) is 0 Å². The number of rotatable bonds is 6. The van der Waals surface area contributed by atoms with E-state index >= 15 is 0 Å². The Bertz CT molecular complexity index is 178. The highest BCUT2D eigenvalue weighted by Gasteiger charge is 2.19. The van der Waals surface area contributed by atoms with Gasteiger partial charge in [-0.15, -0.1) is 0 Å². The fourth-order valence-electron chi connectivity index (χ4n) is 1.63. The lowest BCUT2D eigenvalue weighted by Gasteiger charge is -2.26. The molecule has 82 valence electrons. The average Bonchev–Trinajstić information content (AvgIpc) is 2.11. The van der Waals surface area contributed by atoms with E-state index in [2.05, 4.69) is 12.2 Å². The smallest absolute Gasteiger partial charge is 0.236 e. The first-order valence-corrected chi connectivity index (χ1v) is 5.77. The van der Waals surface area contributed by atoms with Crippen molar-refractivity contribution in [2.24, 2.45) is 11.7 Å². The predicted molar refractivity (Wildman–Crippen MR) is 57.9 cm³/mol. The summed E-state index contributed by atoms with van der Waals surface area (Å²) in [7, 11) is 0. The van der Waals surface area contributed by atoms with Gasteiger partial charge >= 0.3 is 0 Å². The van der Waals surface area contributed by atoms with Gasteiger partial charge < -0.3 is 11.1 Å². The Hall–Kier alpha value is -0.570. The summed E-state index contributed by atoms with van der Waals surface area (Å²) in [6.45, 7) is 2.94. The number of unbranched alkanes of at least 4 members (excludes halogenated alkanes) is 1. The molecule has 1 unspecified atom stereocenters. The monoisotopic (exact) mass is 198 g/mol. The van der Waals surface area contributed by atoms with Crippen LogP contribution in [0.5, 0.6) is 0 Å². The molecule has 0 saturated heterocycles. The van der Waals surface area contributed by atoms with Crippen molar-refractivity contribution in [3.63, 3.8) is 0 Å². The Labute approximate surface area is 86.4 Å². The number of nitrogens with two attached hydrogens (primary N) is 1. The zero-order valence-electron chi connectivity index (χ0n) is 9.09. The predicted octanol–water partition coefficient (Wildman–Crippen LogP) is 1.42. The SMILES string of the molecule is CCCCC(N)C(=O)NCC1CCC1. The molecule has 3 heteroatoms. The van der Waals surface area contributed by atoms with E-state index in [1.54, 1.807) is 0 Å². The van der Waals surface area contributed by atoms with Crippen LogP contribution in [0.15, 0.2) is 0 Å². The molecule has 14 heavy (non-hydrogen) atoms. The maximum atomic E-state index is 11.5. The van der Waals surface area contributed by atoms with E-state index in [4.69, 9.17) is 5.73 Å². The molecule has 1 saturated carbocycles. The first-order valence-electron chi connectivity index (χ1n) is 5.77. The molecule has 0 aliphatic heterocycles. The second-order valence-electron chi connectivity index (χ2n) is 4.29. The molecule has 1 fully saturated rings. The molecule has 1 aliphatic rings. The summed E-state index contributed by atoms with van der Waals surface area (Å²) in [5.74, 6) is 0.752. The molecule has 3 nitrogen and oxygen atoms in total. The van der Waals surface area contributed by atoms with Crippen LogP contribution in [-0.2, 0) is 4.79 Å². The van der Waals surface area contributed by atoms with Crippen LogP contribution in [0.1, 0.15) is 45.4 Å². The maximum absolute atomic E-state index is 11.5. The van der Waals surface area contributed by atoms with Crippen LogP contribution in [0.2, 0.25) is 0 Å². The van der Waals surface area contributed by atoms with Gasteiger partial charge in [-0.2, -0.15) is 0 Å². The largest absolute Gasteiger partial charge is 0.354 e. The molecular weight excluding hydrogens is 176 g/mol. The summed E-state index contributed by atoms with van der Waals surface area (Å²) in [4.78, 5) is 11.5. The Morgan fingerprint density at radius 3 is 2.79 bits per heavy atom. The standard InChI is InChI=1S/C11H22N2O/c1-2-3-7-10(12)11(14)13-8-9-5-4-6-9/h9-10H,2-8,12H2,1H3,(H,13,14). The van der Waals surface area contributed by atoms with Crippen LogP contribution in [0.25, 0.3) is 0 Å². The highest BCUT2D eigenvalue weighted by atomic mass is 16.2. The Morgan fingerprint density at radius 2 is 2.29 bits per heavy atom. The van der Waals surface area contributed by atoms with E-state index in [-0.39, 0.29) is 11.9 Å². The fraction of sp³-hybridized carbons (Fsp3) is 0.909. The van der Waals surface area contributed by atoms with Crippen LogP contribution < -0.4 is 11.1 Å². The average molecular weight is 198 g/mol. The van der Waals surface area contributed by atoms with Crippen LogP contribution in [-0.4, -0.2) is 18.5 Å². The number of nitrogens with one attached hydrogen (secondary N) is 1. The zero-order valence-corrected chi connectivity index (χ0v) is 9.09. The molecule has 1 aliphatic carbocycles. The Kier molecular flexibility index (Phi) is 4.94. The molecule has 0 aromatic carbocycles. The normalized spacial score (nSPS) is 18.7. The number of carbonyl (C=O) groups excluding carboxylic acids is 1. The second kappa shape index (κ2) is 6.02. The summed E-state index contributed by atoms with van der Waals surface area (Å²) in [6, 6.07) is -0.296. The number of hydrogen-bond donors (Lipinski definition) is 2. The van der Waals surface area contributed by atoms with E-state index in [0.717, 1.165) is 31.7 Å². The minimum Gasteiger partial charge on any atom is -0.354 e. The minimum atomic E-state index is -0.296. The topological polar surface area (TPSA) is 55.1 Å². The molecule has 0 spiro atoms. The van der Waals surface area contributed by atoms with E-state index < -0.39 is 0 Å². The third-order valence-corrected chi connectivity index (χ3v) is 3.00. The van der Waals surface area contributed by atoms with Crippen molar-refractivity contribution < 1.29 is 4.79 Å². The summed E-state index contributed by atoms with van der Waals surface area (Å²) in [5, 5.41) is 2.93. The zero-order chi connectivity index (χ0) is 10.4. The molecule has 1 rings (SSSR count). The molecule has 0 aromatic heterocycles. The number of hydrogen-bond acceptors (Lipinski definition) is 2. The van der Waals surface area contributed by atoms with Crippen molar-refractivity contribution >= 4 is 5.91 Å². The van der Waals surface area contributed by atoms with E-state index in [1.165, 1.54) is 19.3 Å². The maximum Gasteiger partial charge on any atom is 0.236 e. The van der Waals surface area contributed by atoms with Gasteiger partial charge in [-0.1, -0.05) is 26.2 Å². The van der Waals surface area contributed by atoms with Crippen LogP contribution in [0, 0.1) is 5.92 Å². The van der Waals surface area contributed by atoms with Gasteiger partial charge in [0, 0.05) is 6.54 Å². The van der Waals surface area contributed by atoms with Gasteiger partial charge in [0.05, 0.1) is 6.04 Å². The van der Waals surface area contributed by atoms with Crippen molar-refractivity contribution in [1.29, 1.82) is 0 Å². The fourth-order valence-corrected chi connectivity index (χ4v) is 1.63. The van der Waals surface area contributed by atoms with E-state index in [1.807, 2.05) is 0 Å². The highest BCUT2D eigenvalue weighted by molar-refractivity contribution is 5.81. The Morgan fingerprint density at radius 1 is 1.57 bits per heavy atom. The number of amides is 1. The third-order valence-electron chi connectivity index (χ3n) is 3.00. The highest BCUT2D eigenvalue weighted by Crippen LogP contribution is 2.25. The lowest BCUT2D eigenvalue weighted by molar-refractivity contribution is -0.122. The molecular formula is C11H22N2O. The van der Waals surface area contributed by atoms with Crippen LogP contribution in [0.4, 0.5) is 0 Å². The number of carbonyl (C=O) groups is 1. The quantitative estimate of drug-likeness (QED) is 0.678. The van der Waals surface area contributed by atoms with Crippen molar-refractivity contribution in [3.05, 3.63) is 0 Å². The summed E-state index contributed by atoms with van der Waals surface area (Å²) < 4.78 is 0. The molecule has 0 bridgehead atoms. The summed E-state index contributed by atoms with van der Waals surface area (Å²) >= 11 is 0. The summed E-state index contributed by atoms with van der Waals surface area (Å²) in [6.07, 6.45) is 6.81. The molecule has 1 atom stereocenters. The lowest BCUT2D eigenvalue weighted by Crippen LogP contribution is -2.43. The van der Waals surface area contributed by atoms with E-state index in [9.17, 15) is 4.79 Å². The van der Waals surface area contributed by atoms with Gasteiger partial charge in [-0.3, -0.25) is 4.79 Å². The van der Waals surface area contributed by atoms with Gasteiger partial charge in [0.1, 0.15) is 0 Å². The molecule has 1 amide bonds. The van der Waals surface area contributed by atoms with Crippen molar-refractivity contribution in [2.75, 3.05) is 6.54 Å².